The van der Waals surface area contributed by atoms with Gasteiger partial charge in [0.15, 0.2) is 0 Å². The molecule has 67 heavy (non-hydrogen) atoms. The molecule has 0 N–H and O–H groups in total. The number of aryl methyl sites for hydroxylation is 12. The molecule has 0 spiro atoms. The van der Waals surface area contributed by atoms with Gasteiger partial charge in [-0.3, -0.25) is 0 Å². The molecule has 0 saturated heterocycles. The summed E-state index contributed by atoms with van der Waals surface area (Å²) in [5.41, 5.74) is 31.1. The van der Waals surface area contributed by atoms with Crippen molar-refractivity contribution >= 4 is 46.2 Å². The van der Waals surface area contributed by atoms with Gasteiger partial charge in [-0.1, -0.05) is 227 Å². The highest BCUT2D eigenvalue weighted by molar-refractivity contribution is 6.97. The van der Waals surface area contributed by atoms with Gasteiger partial charge in [0.25, 0.3) is 0 Å². The molecule has 3 bridgehead atoms. The maximum atomic E-state index is 2.56. The second-order valence-corrected chi connectivity index (χ2v) is 22.6. The molecule has 0 nitrogen and oxygen atoms in total. The Morgan fingerprint density at radius 2 is 0.851 bits per heavy atom. The van der Waals surface area contributed by atoms with Gasteiger partial charge in [0.05, 0.1) is 0 Å². The molecular weight excluding hydrogens is 802 g/mol. The van der Waals surface area contributed by atoms with Crippen LogP contribution >= 0.6 is 0 Å². The molecule has 0 aliphatic heterocycles. The van der Waals surface area contributed by atoms with Crippen LogP contribution in [0.3, 0.4) is 0 Å². The first-order chi connectivity index (χ1) is 32.1. The third-order valence-corrected chi connectivity index (χ3v) is 17.5. The minimum atomic E-state index is 0.166. The van der Waals surface area contributed by atoms with E-state index in [1.54, 1.807) is 11.1 Å². The molecule has 3 fully saturated rings. The van der Waals surface area contributed by atoms with Crippen LogP contribution in [0.5, 0.6) is 0 Å². The minimum Gasteiger partial charge on any atom is -0.0686 e. The van der Waals surface area contributed by atoms with Gasteiger partial charge in [0.1, 0.15) is 0 Å². The Bertz CT molecular complexity index is 2810. The number of rotatable bonds is 9. The highest BCUT2D eigenvalue weighted by atomic mass is 14.6. The third-order valence-electron chi connectivity index (χ3n) is 17.5. The molecule has 338 valence electrons. The first kappa shape index (κ1) is 45.5. The zero-order valence-corrected chi connectivity index (χ0v) is 42.8. The van der Waals surface area contributed by atoms with Crippen LogP contribution in [0.1, 0.15) is 122 Å². The summed E-state index contributed by atoms with van der Waals surface area (Å²) < 4.78 is 0. The molecular formula is C65H72B2. The molecule has 0 aromatic heterocycles. The summed E-state index contributed by atoms with van der Waals surface area (Å²) in [6.45, 7) is 27.9. The van der Waals surface area contributed by atoms with Crippen molar-refractivity contribution in [1.82, 2.24) is 0 Å². The lowest BCUT2D eigenvalue weighted by Gasteiger charge is -2.58. The van der Waals surface area contributed by atoms with Gasteiger partial charge in [-0.25, -0.2) is 0 Å². The van der Waals surface area contributed by atoms with Crippen LogP contribution in [0.2, 0.25) is 0 Å². The lowest BCUT2D eigenvalue weighted by Crippen LogP contribution is -2.56. The topological polar surface area (TPSA) is 0 Å². The van der Waals surface area contributed by atoms with E-state index in [4.69, 9.17) is 0 Å². The highest BCUT2D eigenvalue weighted by Crippen LogP contribution is 2.63. The van der Waals surface area contributed by atoms with E-state index in [9.17, 15) is 0 Å². The van der Waals surface area contributed by atoms with Crippen molar-refractivity contribution < 1.29 is 0 Å². The fourth-order valence-corrected chi connectivity index (χ4v) is 15.3. The van der Waals surface area contributed by atoms with E-state index < -0.39 is 0 Å². The SMILES string of the molecule is Cc1cc(C)c(B(c2ccc(C3CC4(c5ccc(-c6cccc(B(c7c(C)cc(C)cc7C)c7c(C)cc(C)cc7C)c6)cc5)CC5CCC3C(C5)C4)cc2)c2c(C)cc(C)cc2C)c(C)c1. The largest absolute Gasteiger partial charge is 0.242 e. The Labute approximate surface area is 405 Å². The van der Waals surface area contributed by atoms with Crippen LogP contribution in [-0.2, 0) is 5.41 Å². The van der Waals surface area contributed by atoms with Crippen molar-refractivity contribution in [2.75, 3.05) is 0 Å². The number of hydrogen-bond donors (Lipinski definition) is 0. The van der Waals surface area contributed by atoms with Gasteiger partial charge in [0.2, 0.25) is 13.4 Å². The molecule has 0 amide bonds. The Hall–Kier alpha value is -5.33. The average molecular weight is 875 g/mol. The lowest BCUT2D eigenvalue weighted by molar-refractivity contribution is -0.00623. The van der Waals surface area contributed by atoms with Crippen molar-refractivity contribution in [2.24, 2.45) is 17.8 Å². The van der Waals surface area contributed by atoms with Crippen molar-refractivity contribution in [2.45, 2.75) is 133 Å². The maximum absolute atomic E-state index is 2.56. The fourth-order valence-electron chi connectivity index (χ4n) is 15.3. The van der Waals surface area contributed by atoms with Crippen LogP contribution in [0.4, 0.5) is 0 Å². The number of benzene rings is 7. The molecule has 3 aliphatic carbocycles. The second-order valence-electron chi connectivity index (χ2n) is 22.6. The van der Waals surface area contributed by atoms with Crippen molar-refractivity contribution in [1.29, 1.82) is 0 Å². The molecule has 5 atom stereocenters. The van der Waals surface area contributed by atoms with Crippen LogP contribution < -0.4 is 32.8 Å². The monoisotopic (exact) mass is 875 g/mol. The molecule has 0 heterocycles. The maximum Gasteiger partial charge on any atom is 0.242 e. The van der Waals surface area contributed by atoms with Gasteiger partial charge in [0, 0.05) is 0 Å². The molecule has 3 aliphatic rings. The van der Waals surface area contributed by atoms with Gasteiger partial charge in [-0.2, -0.15) is 0 Å². The van der Waals surface area contributed by atoms with E-state index in [1.165, 1.54) is 149 Å². The van der Waals surface area contributed by atoms with Crippen molar-refractivity contribution in [3.05, 3.63) is 199 Å². The van der Waals surface area contributed by atoms with Gasteiger partial charge in [-0.05, 0) is 167 Å². The molecule has 5 unspecified atom stereocenters. The van der Waals surface area contributed by atoms with Crippen LogP contribution in [0.25, 0.3) is 11.1 Å². The van der Waals surface area contributed by atoms with Crippen LogP contribution in [0, 0.1) is 101 Å². The summed E-state index contributed by atoms with van der Waals surface area (Å²) in [5, 5.41) is 0. The quantitative estimate of drug-likeness (QED) is 0.127. The van der Waals surface area contributed by atoms with E-state index >= 15 is 0 Å². The van der Waals surface area contributed by atoms with E-state index in [0.29, 0.717) is 5.92 Å². The zero-order chi connectivity index (χ0) is 47.1. The second kappa shape index (κ2) is 17.6. The third kappa shape index (κ3) is 8.29. The first-order valence-corrected chi connectivity index (χ1v) is 25.7. The van der Waals surface area contributed by atoms with Gasteiger partial charge < -0.3 is 0 Å². The Morgan fingerprint density at radius 3 is 1.31 bits per heavy atom. The number of hydrogen-bond acceptors (Lipinski definition) is 0. The van der Waals surface area contributed by atoms with E-state index in [0.717, 1.165) is 17.8 Å². The highest BCUT2D eigenvalue weighted by Gasteiger charge is 2.53. The molecule has 7 aromatic carbocycles. The molecule has 2 heteroatoms. The van der Waals surface area contributed by atoms with E-state index in [-0.39, 0.29) is 18.8 Å². The van der Waals surface area contributed by atoms with Crippen molar-refractivity contribution in [3.63, 3.8) is 0 Å². The minimum absolute atomic E-state index is 0.166. The zero-order valence-electron chi connectivity index (χ0n) is 42.8. The summed E-state index contributed by atoms with van der Waals surface area (Å²) in [5.74, 6) is 3.04. The molecule has 3 saturated carbocycles. The normalized spacial score (nSPS) is 20.8. The summed E-state index contributed by atoms with van der Waals surface area (Å²) in [4.78, 5) is 0. The average Bonchev–Trinajstić information content (AvgIpc) is 3.26. The Morgan fingerprint density at radius 1 is 0.403 bits per heavy atom. The van der Waals surface area contributed by atoms with Crippen molar-refractivity contribution in [3.8, 4) is 11.1 Å². The van der Waals surface area contributed by atoms with Gasteiger partial charge in [-0.15, -0.1) is 0 Å². The molecule has 10 rings (SSSR count). The fraction of sp³-hybridized carbons (Fsp3) is 0.354. The summed E-state index contributed by atoms with van der Waals surface area (Å²) in [6, 6.07) is 48.8. The van der Waals surface area contributed by atoms with Gasteiger partial charge >= 0.3 is 0 Å². The molecule has 7 aromatic rings. The van der Waals surface area contributed by atoms with E-state index in [2.05, 4.69) is 204 Å². The Balaban J connectivity index is 0.987. The van der Waals surface area contributed by atoms with Crippen LogP contribution in [-0.4, -0.2) is 13.4 Å². The first-order valence-electron chi connectivity index (χ1n) is 25.7. The predicted octanol–water partition coefficient (Wildman–Crippen LogP) is 12.3. The van der Waals surface area contributed by atoms with Crippen LogP contribution in [0.15, 0.2) is 121 Å². The standard InChI is InChI=1S/C65H72B2/c1-39-26-43(5)61(44(6)27-39)66(62-45(7)28-40(2)29-46(62)8)57-23-19-53(20-24-57)60-38-65(36-51-16-25-59(60)55(34-51)37-65)56-21-17-52(18-22-56)54-14-13-15-58(35-54)67(63-47(9)30-41(3)31-48(63)10)64-49(11)32-42(4)33-50(64)12/h13-15,17-24,26-33,35,51,55,59-60H,16,25,34,36-38H2,1-12H3. The smallest absolute Gasteiger partial charge is 0.0686 e. The summed E-state index contributed by atoms with van der Waals surface area (Å²) in [6.07, 6.45) is 8.16. The molecule has 0 radical (unpaired) electrons. The Kier molecular flexibility index (Phi) is 12.0. The predicted molar refractivity (Wildman–Crippen MR) is 293 cm³/mol. The number of fused-ring (bicyclic) bond motifs is 2. The van der Waals surface area contributed by atoms with E-state index in [1.807, 2.05) is 0 Å². The lowest BCUT2D eigenvalue weighted by atomic mass is 9.34. The summed E-state index contributed by atoms with van der Waals surface area (Å²) in [7, 11) is 0. The summed E-state index contributed by atoms with van der Waals surface area (Å²) >= 11 is 0.